The number of aryl methyl sites for hydroxylation is 2. The Morgan fingerprint density at radius 2 is 1.87 bits per heavy atom. The lowest BCUT2D eigenvalue weighted by molar-refractivity contribution is 0.0951. The third-order valence-electron chi connectivity index (χ3n) is 4.36. The van der Waals surface area contributed by atoms with Crippen molar-refractivity contribution in [3.05, 3.63) is 59.2 Å². The van der Waals surface area contributed by atoms with Gasteiger partial charge in [0, 0.05) is 30.1 Å². The number of carbonyl (C=O) groups is 1. The highest BCUT2D eigenvalue weighted by Gasteiger charge is 2.09. The van der Waals surface area contributed by atoms with E-state index in [1.165, 1.54) is 0 Å². The van der Waals surface area contributed by atoms with Crippen molar-refractivity contribution in [3.8, 4) is 0 Å². The SMILES string of the molecule is Cl.Nc1ncc(CCCCCc2cn(CCNC(=O)c3cc(F)cc(F)c3)nn2)[nH]1. The zero-order valence-corrected chi connectivity index (χ0v) is 17.1. The zero-order chi connectivity index (χ0) is 20.6. The summed E-state index contributed by atoms with van der Waals surface area (Å²) in [5.74, 6) is -1.67. The van der Waals surface area contributed by atoms with E-state index >= 15 is 0 Å². The van der Waals surface area contributed by atoms with Gasteiger partial charge in [-0.05, 0) is 37.8 Å². The number of nitrogen functional groups attached to an aromatic ring is 1. The van der Waals surface area contributed by atoms with Gasteiger partial charge in [0.1, 0.15) is 11.6 Å². The van der Waals surface area contributed by atoms with Gasteiger partial charge in [0.2, 0.25) is 0 Å². The lowest BCUT2D eigenvalue weighted by Crippen LogP contribution is -2.27. The highest BCUT2D eigenvalue weighted by atomic mass is 35.5. The molecule has 0 unspecified atom stereocenters. The summed E-state index contributed by atoms with van der Waals surface area (Å²) in [6.45, 7) is 0.685. The second kappa shape index (κ2) is 11.2. The number of hydrogen-bond acceptors (Lipinski definition) is 5. The molecular weight excluding hydrogens is 416 g/mol. The first-order valence-corrected chi connectivity index (χ1v) is 9.42. The Hall–Kier alpha value is -3.01. The van der Waals surface area contributed by atoms with Crippen molar-refractivity contribution in [1.82, 2.24) is 30.3 Å². The summed E-state index contributed by atoms with van der Waals surface area (Å²) in [4.78, 5) is 18.9. The van der Waals surface area contributed by atoms with Crippen LogP contribution in [0, 0.1) is 11.6 Å². The lowest BCUT2D eigenvalue weighted by atomic mass is 10.1. The molecule has 1 amide bonds. The predicted molar refractivity (Wildman–Crippen MR) is 110 cm³/mol. The minimum atomic E-state index is -0.787. The quantitative estimate of drug-likeness (QED) is 0.420. The number of halogens is 3. The standard InChI is InChI=1S/C19H23F2N7O.ClH/c20-14-8-13(9-15(21)10-14)18(29)23-6-7-28-12-17(26-27-28)5-3-1-2-4-16-11-24-19(22)25-16;/h8-12H,1-7H2,(H,23,29)(H3,22,24,25);1H. The monoisotopic (exact) mass is 439 g/mol. The number of nitrogens with two attached hydrogens (primary N) is 1. The fraction of sp³-hybridized carbons (Fsp3) is 0.368. The number of nitrogens with zero attached hydrogens (tertiary/aromatic N) is 4. The topological polar surface area (TPSA) is 115 Å². The van der Waals surface area contributed by atoms with Crippen LogP contribution in [0.15, 0.2) is 30.6 Å². The molecule has 0 aliphatic carbocycles. The molecule has 3 rings (SSSR count). The van der Waals surface area contributed by atoms with Crippen LogP contribution in [-0.4, -0.2) is 37.4 Å². The molecule has 0 bridgehead atoms. The van der Waals surface area contributed by atoms with Crippen LogP contribution in [-0.2, 0) is 19.4 Å². The number of H-pyrrole nitrogens is 1. The molecular formula is C19H24ClF2N7O. The Labute approximate surface area is 178 Å². The minimum Gasteiger partial charge on any atom is -0.369 e. The van der Waals surface area contributed by atoms with Gasteiger partial charge < -0.3 is 16.0 Å². The normalized spacial score (nSPS) is 10.6. The van der Waals surface area contributed by atoms with Crippen molar-refractivity contribution in [1.29, 1.82) is 0 Å². The summed E-state index contributed by atoms with van der Waals surface area (Å²) in [6, 6.07) is 2.71. The second-order valence-electron chi connectivity index (χ2n) is 6.74. The highest BCUT2D eigenvalue weighted by molar-refractivity contribution is 5.94. The molecule has 0 fully saturated rings. The Bertz CT molecular complexity index is 940. The van der Waals surface area contributed by atoms with E-state index in [0.717, 1.165) is 61.7 Å². The molecule has 4 N–H and O–H groups in total. The van der Waals surface area contributed by atoms with Crippen molar-refractivity contribution in [2.75, 3.05) is 12.3 Å². The third-order valence-corrected chi connectivity index (χ3v) is 4.36. The average Bonchev–Trinajstić information content (AvgIpc) is 3.29. The Morgan fingerprint density at radius 3 is 2.57 bits per heavy atom. The Kier molecular flexibility index (Phi) is 8.72. The van der Waals surface area contributed by atoms with Crippen molar-refractivity contribution in [2.24, 2.45) is 0 Å². The summed E-state index contributed by atoms with van der Waals surface area (Å²) in [5.41, 5.74) is 7.41. The number of rotatable bonds is 10. The maximum absolute atomic E-state index is 13.2. The zero-order valence-electron chi connectivity index (χ0n) is 16.3. The second-order valence-corrected chi connectivity index (χ2v) is 6.74. The molecule has 30 heavy (non-hydrogen) atoms. The number of imidazole rings is 1. The summed E-state index contributed by atoms with van der Waals surface area (Å²) in [7, 11) is 0. The van der Waals surface area contributed by atoms with Gasteiger partial charge in [-0.25, -0.2) is 13.8 Å². The highest BCUT2D eigenvalue weighted by Crippen LogP contribution is 2.09. The van der Waals surface area contributed by atoms with E-state index in [4.69, 9.17) is 5.73 Å². The predicted octanol–water partition coefficient (Wildman–Crippen LogP) is 2.67. The van der Waals surface area contributed by atoms with E-state index in [1.807, 2.05) is 6.20 Å². The van der Waals surface area contributed by atoms with Crippen LogP contribution in [0.1, 0.15) is 41.0 Å². The van der Waals surface area contributed by atoms with Crippen LogP contribution in [0.4, 0.5) is 14.7 Å². The first kappa shape index (κ1) is 23.3. The fourth-order valence-corrected chi connectivity index (χ4v) is 2.94. The molecule has 0 spiro atoms. The molecule has 2 heterocycles. The van der Waals surface area contributed by atoms with Gasteiger partial charge in [0.15, 0.2) is 5.95 Å². The fourth-order valence-electron chi connectivity index (χ4n) is 2.94. The van der Waals surface area contributed by atoms with Crippen molar-refractivity contribution >= 4 is 24.3 Å². The van der Waals surface area contributed by atoms with Gasteiger partial charge in [0.05, 0.1) is 18.4 Å². The maximum Gasteiger partial charge on any atom is 0.251 e. The molecule has 1 aromatic carbocycles. The van der Waals surface area contributed by atoms with Gasteiger partial charge in [-0.15, -0.1) is 17.5 Å². The summed E-state index contributed by atoms with van der Waals surface area (Å²) >= 11 is 0. The average molecular weight is 440 g/mol. The first-order valence-electron chi connectivity index (χ1n) is 9.42. The number of benzene rings is 1. The van der Waals surface area contributed by atoms with Crippen molar-refractivity contribution < 1.29 is 13.6 Å². The molecule has 0 atom stereocenters. The molecule has 0 saturated heterocycles. The molecule has 3 aromatic rings. The number of hydrogen-bond donors (Lipinski definition) is 3. The number of aromatic amines is 1. The van der Waals surface area contributed by atoms with Crippen LogP contribution in [0.2, 0.25) is 0 Å². The van der Waals surface area contributed by atoms with E-state index in [0.29, 0.717) is 12.5 Å². The molecule has 0 radical (unpaired) electrons. The third kappa shape index (κ3) is 7.11. The molecule has 0 saturated carbocycles. The lowest BCUT2D eigenvalue weighted by Gasteiger charge is -2.05. The summed E-state index contributed by atoms with van der Waals surface area (Å²) in [5, 5.41) is 10.8. The number of anilines is 1. The number of carbonyl (C=O) groups excluding carboxylic acids is 1. The molecule has 0 aliphatic heterocycles. The molecule has 8 nitrogen and oxygen atoms in total. The van der Waals surface area contributed by atoms with Crippen LogP contribution >= 0.6 is 12.4 Å². The Balaban J connectivity index is 0.00000320. The van der Waals surface area contributed by atoms with Crippen LogP contribution in [0.3, 0.4) is 0 Å². The first-order chi connectivity index (χ1) is 14.0. The maximum atomic E-state index is 13.2. The van der Waals surface area contributed by atoms with E-state index in [-0.39, 0.29) is 24.5 Å². The summed E-state index contributed by atoms with van der Waals surface area (Å²) in [6.07, 6.45) is 8.39. The number of nitrogens with one attached hydrogen (secondary N) is 2. The van der Waals surface area contributed by atoms with E-state index < -0.39 is 17.5 Å². The van der Waals surface area contributed by atoms with Crippen molar-refractivity contribution in [3.63, 3.8) is 0 Å². The summed E-state index contributed by atoms with van der Waals surface area (Å²) < 4.78 is 28.0. The largest absolute Gasteiger partial charge is 0.369 e. The van der Waals surface area contributed by atoms with Gasteiger partial charge in [-0.1, -0.05) is 11.6 Å². The number of amides is 1. The Morgan fingerprint density at radius 1 is 1.13 bits per heavy atom. The van der Waals surface area contributed by atoms with Gasteiger partial charge in [0.25, 0.3) is 5.91 Å². The van der Waals surface area contributed by atoms with Crippen LogP contribution < -0.4 is 11.1 Å². The van der Waals surface area contributed by atoms with Gasteiger partial charge in [-0.2, -0.15) is 0 Å². The van der Waals surface area contributed by atoms with Crippen LogP contribution in [0.25, 0.3) is 0 Å². The molecule has 2 aromatic heterocycles. The number of aromatic nitrogens is 5. The van der Waals surface area contributed by atoms with Gasteiger partial charge >= 0.3 is 0 Å². The van der Waals surface area contributed by atoms with Crippen LogP contribution in [0.5, 0.6) is 0 Å². The molecule has 0 aliphatic rings. The molecule has 162 valence electrons. The van der Waals surface area contributed by atoms with Gasteiger partial charge in [-0.3, -0.25) is 9.48 Å². The van der Waals surface area contributed by atoms with Crippen molar-refractivity contribution in [2.45, 2.75) is 38.6 Å². The van der Waals surface area contributed by atoms with E-state index in [2.05, 4.69) is 25.6 Å². The smallest absolute Gasteiger partial charge is 0.251 e. The van der Waals surface area contributed by atoms with E-state index in [9.17, 15) is 13.6 Å². The van der Waals surface area contributed by atoms with E-state index in [1.54, 1.807) is 10.9 Å². The number of unbranched alkanes of at least 4 members (excludes halogenated alkanes) is 2. The molecule has 11 heteroatoms. The minimum absolute atomic E-state index is 0.